The molecule has 24 heavy (non-hydrogen) atoms. The largest absolute Gasteiger partial charge is 0.486 e. The zero-order valence-corrected chi connectivity index (χ0v) is 14.1. The van der Waals surface area contributed by atoms with Crippen LogP contribution >= 0.6 is 11.3 Å². The summed E-state index contributed by atoms with van der Waals surface area (Å²) in [5, 5.41) is 12.0. The first-order valence-corrected chi connectivity index (χ1v) is 8.71. The number of ether oxygens (including phenoxy) is 1. The summed E-state index contributed by atoms with van der Waals surface area (Å²) in [5.41, 5.74) is 0.859. The Morgan fingerprint density at radius 3 is 2.79 bits per heavy atom. The van der Waals surface area contributed by atoms with E-state index in [1.807, 2.05) is 10.3 Å². The molecule has 1 atom stereocenters. The first kappa shape index (κ1) is 16.9. The highest BCUT2D eigenvalue weighted by molar-refractivity contribution is 7.09. The van der Waals surface area contributed by atoms with Crippen molar-refractivity contribution in [3.05, 3.63) is 46.2 Å². The number of hydrogen-bond acceptors (Lipinski definition) is 5. The van der Waals surface area contributed by atoms with Crippen molar-refractivity contribution in [3.63, 3.8) is 0 Å². The molecule has 7 heteroatoms. The summed E-state index contributed by atoms with van der Waals surface area (Å²) in [4.78, 5) is 17.8. The minimum Gasteiger partial charge on any atom is -0.486 e. The monoisotopic (exact) mass is 350 g/mol. The predicted octanol–water partition coefficient (Wildman–Crippen LogP) is 3.30. The van der Waals surface area contributed by atoms with Crippen molar-refractivity contribution in [2.75, 3.05) is 0 Å². The van der Waals surface area contributed by atoms with E-state index in [2.05, 4.69) is 4.98 Å². The highest BCUT2D eigenvalue weighted by atomic mass is 32.1. The van der Waals surface area contributed by atoms with Crippen LogP contribution in [0.1, 0.15) is 30.5 Å². The van der Waals surface area contributed by atoms with Crippen LogP contribution in [0.25, 0.3) is 0 Å². The second-order valence-electron chi connectivity index (χ2n) is 5.89. The van der Waals surface area contributed by atoms with Gasteiger partial charge in [0.15, 0.2) is 0 Å². The Kier molecular flexibility index (Phi) is 5.11. The molecule has 1 N–H and O–H groups in total. The molecule has 5 nitrogen and oxygen atoms in total. The molecular weight excluding hydrogens is 331 g/mol. The highest BCUT2D eigenvalue weighted by Crippen LogP contribution is 2.30. The number of thiazole rings is 1. The summed E-state index contributed by atoms with van der Waals surface area (Å²) in [6, 6.07) is 5.68. The van der Waals surface area contributed by atoms with Gasteiger partial charge >= 0.3 is 5.97 Å². The van der Waals surface area contributed by atoms with Gasteiger partial charge in [0.05, 0.1) is 5.69 Å². The van der Waals surface area contributed by atoms with Crippen molar-refractivity contribution in [1.82, 2.24) is 9.88 Å². The van der Waals surface area contributed by atoms with Crippen LogP contribution in [0.3, 0.4) is 0 Å². The molecule has 0 radical (unpaired) electrons. The van der Waals surface area contributed by atoms with Crippen LogP contribution in [0.2, 0.25) is 0 Å². The van der Waals surface area contributed by atoms with Gasteiger partial charge in [-0.25, -0.2) is 9.37 Å². The maximum atomic E-state index is 12.9. The zero-order valence-electron chi connectivity index (χ0n) is 13.3. The van der Waals surface area contributed by atoms with Gasteiger partial charge in [-0.05, 0) is 44.0 Å². The van der Waals surface area contributed by atoms with Crippen LogP contribution in [0, 0.1) is 5.82 Å². The van der Waals surface area contributed by atoms with E-state index in [-0.39, 0.29) is 5.82 Å². The predicted molar refractivity (Wildman–Crippen MR) is 88.5 cm³/mol. The molecule has 1 fully saturated rings. The number of hydrogen-bond donors (Lipinski definition) is 1. The summed E-state index contributed by atoms with van der Waals surface area (Å²) in [5.74, 6) is -0.518. The average Bonchev–Trinajstić information content (AvgIpc) is 3.31. The highest BCUT2D eigenvalue weighted by Gasteiger charge is 2.35. The van der Waals surface area contributed by atoms with Crippen LogP contribution in [0.15, 0.2) is 29.6 Å². The van der Waals surface area contributed by atoms with Crippen molar-refractivity contribution >= 4 is 17.3 Å². The normalized spacial score (nSPS) is 15.5. The van der Waals surface area contributed by atoms with E-state index in [9.17, 15) is 14.3 Å². The third-order valence-electron chi connectivity index (χ3n) is 3.99. The number of aliphatic carboxylic acids is 1. The molecule has 0 amide bonds. The van der Waals surface area contributed by atoms with Crippen molar-refractivity contribution < 1.29 is 19.0 Å². The van der Waals surface area contributed by atoms with Crippen LogP contribution in [0.4, 0.5) is 4.39 Å². The second kappa shape index (κ2) is 7.27. The maximum Gasteiger partial charge on any atom is 0.320 e. The van der Waals surface area contributed by atoms with Crippen LogP contribution in [0.5, 0.6) is 5.75 Å². The van der Waals surface area contributed by atoms with Crippen molar-refractivity contribution in [1.29, 1.82) is 0 Å². The number of nitrogens with zero attached hydrogens (tertiary/aromatic N) is 2. The van der Waals surface area contributed by atoms with Crippen LogP contribution in [-0.4, -0.2) is 33.0 Å². The molecule has 0 saturated heterocycles. The van der Waals surface area contributed by atoms with E-state index >= 15 is 0 Å². The van der Waals surface area contributed by atoms with Gasteiger partial charge in [-0.1, -0.05) is 0 Å². The lowest BCUT2D eigenvalue weighted by Gasteiger charge is -2.25. The fraction of sp³-hybridized carbons (Fsp3) is 0.412. The van der Waals surface area contributed by atoms with E-state index < -0.39 is 12.0 Å². The summed E-state index contributed by atoms with van der Waals surface area (Å²) in [7, 11) is 0. The third kappa shape index (κ3) is 4.30. The maximum absolute atomic E-state index is 12.9. The first-order chi connectivity index (χ1) is 11.5. The van der Waals surface area contributed by atoms with Gasteiger partial charge in [-0.15, -0.1) is 11.3 Å². The Morgan fingerprint density at radius 1 is 1.46 bits per heavy atom. The SMILES string of the molecule is CC(C(=O)O)N(Cc1csc(COc2ccc(F)cc2)n1)C1CC1. The van der Waals surface area contributed by atoms with Gasteiger partial charge in [-0.2, -0.15) is 0 Å². The Morgan fingerprint density at radius 2 is 2.17 bits per heavy atom. The van der Waals surface area contributed by atoms with Gasteiger partial charge in [-0.3, -0.25) is 9.69 Å². The fourth-order valence-electron chi connectivity index (χ4n) is 2.48. The molecule has 0 spiro atoms. The Bertz CT molecular complexity index is 700. The van der Waals surface area contributed by atoms with Crippen molar-refractivity contribution in [3.8, 4) is 5.75 Å². The average molecular weight is 350 g/mol. The molecule has 1 aromatic carbocycles. The molecule has 2 aromatic rings. The topological polar surface area (TPSA) is 62.7 Å². The quantitative estimate of drug-likeness (QED) is 0.791. The molecule has 1 unspecified atom stereocenters. The first-order valence-electron chi connectivity index (χ1n) is 7.83. The number of carboxylic acids is 1. The Balaban J connectivity index is 1.58. The second-order valence-corrected chi connectivity index (χ2v) is 6.84. The smallest absolute Gasteiger partial charge is 0.320 e. The van der Waals surface area contributed by atoms with E-state index in [1.165, 1.54) is 23.5 Å². The molecule has 1 aromatic heterocycles. The number of benzene rings is 1. The van der Waals surface area contributed by atoms with Gasteiger partial charge in [0.2, 0.25) is 0 Å². The third-order valence-corrected chi connectivity index (χ3v) is 4.86. The standard InChI is InChI=1S/C17H19FN2O3S/c1-11(17(21)22)20(14-4-5-14)8-13-10-24-16(19-13)9-23-15-6-2-12(18)3-7-15/h2-3,6-7,10-11,14H,4-5,8-9H2,1H3,(H,21,22). The van der Waals surface area contributed by atoms with Gasteiger partial charge < -0.3 is 9.84 Å². The Labute approximate surface area is 143 Å². The number of rotatable bonds is 8. The molecule has 0 aliphatic heterocycles. The molecule has 0 bridgehead atoms. The number of carboxylic acid groups (broad SMARTS) is 1. The minimum absolute atomic E-state index is 0.299. The molecule has 1 aliphatic rings. The van der Waals surface area contributed by atoms with Crippen LogP contribution in [-0.2, 0) is 17.9 Å². The van der Waals surface area contributed by atoms with Gasteiger partial charge in [0.1, 0.15) is 29.2 Å². The van der Waals surface area contributed by atoms with Gasteiger partial charge in [0.25, 0.3) is 0 Å². The zero-order chi connectivity index (χ0) is 17.1. The van der Waals surface area contributed by atoms with E-state index in [1.54, 1.807) is 19.1 Å². The fourth-order valence-corrected chi connectivity index (χ4v) is 3.18. The molecule has 1 aliphatic carbocycles. The van der Waals surface area contributed by atoms with Crippen LogP contribution < -0.4 is 4.74 Å². The minimum atomic E-state index is -0.808. The summed E-state index contributed by atoms with van der Waals surface area (Å²) in [6.45, 7) is 2.56. The van der Waals surface area contributed by atoms with E-state index in [4.69, 9.17) is 4.74 Å². The number of aromatic nitrogens is 1. The molecule has 128 valence electrons. The summed E-state index contributed by atoms with van der Waals surface area (Å²) >= 11 is 1.48. The summed E-state index contributed by atoms with van der Waals surface area (Å²) in [6.07, 6.45) is 2.09. The molecule has 3 rings (SSSR count). The van der Waals surface area contributed by atoms with Crippen molar-refractivity contribution in [2.45, 2.75) is 45.0 Å². The Hall–Kier alpha value is -1.99. The number of carbonyl (C=O) groups is 1. The number of halogens is 1. The van der Waals surface area contributed by atoms with Crippen molar-refractivity contribution in [2.24, 2.45) is 0 Å². The molecular formula is C17H19FN2O3S. The molecule has 1 heterocycles. The lowest BCUT2D eigenvalue weighted by molar-refractivity contribution is -0.143. The molecule has 1 saturated carbocycles. The van der Waals surface area contributed by atoms with E-state index in [0.717, 1.165) is 23.5 Å². The van der Waals surface area contributed by atoms with Gasteiger partial charge in [0, 0.05) is 18.0 Å². The lowest BCUT2D eigenvalue weighted by Crippen LogP contribution is -2.40. The van der Waals surface area contributed by atoms with E-state index in [0.29, 0.717) is 24.9 Å². The summed E-state index contributed by atoms with van der Waals surface area (Å²) < 4.78 is 18.4. The lowest BCUT2D eigenvalue weighted by atomic mass is 10.2.